The third-order valence-corrected chi connectivity index (χ3v) is 5.16. The van der Waals surface area contributed by atoms with Crippen molar-refractivity contribution in [3.05, 3.63) is 46.2 Å². The molecule has 1 aromatic heterocycles. The van der Waals surface area contributed by atoms with Crippen LogP contribution in [0.3, 0.4) is 0 Å². The summed E-state index contributed by atoms with van der Waals surface area (Å²) in [6.07, 6.45) is -2.37. The van der Waals surface area contributed by atoms with Gasteiger partial charge in [0.1, 0.15) is 0 Å². The van der Waals surface area contributed by atoms with Gasteiger partial charge in [-0.05, 0) is 62.7 Å². The summed E-state index contributed by atoms with van der Waals surface area (Å²) < 4.78 is 40.6. The van der Waals surface area contributed by atoms with Crippen LogP contribution in [0.4, 0.5) is 18.9 Å². The lowest BCUT2D eigenvalue weighted by atomic mass is 10.1. The smallest absolute Gasteiger partial charge is 0.362 e. The van der Waals surface area contributed by atoms with E-state index in [2.05, 4.69) is 15.7 Å². The van der Waals surface area contributed by atoms with Gasteiger partial charge < -0.3 is 10.6 Å². The lowest BCUT2D eigenvalue weighted by molar-refractivity contribution is -0.141. The number of ketones is 1. The van der Waals surface area contributed by atoms with Crippen LogP contribution >= 0.6 is 23.8 Å². The predicted octanol–water partition coefficient (Wildman–Crippen LogP) is 5.01. The second-order valence-corrected chi connectivity index (χ2v) is 7.70. The number of aromatic nitrogens is 2. The number of halogens is 4. The number of nitrogens with zero attached hydrogens (tertiary/aromatic N) is 2. The molecule has 0 saturated heterocycles. The highest BCUT2D eigenvalue weighted by Gasteiger charge is 2.41. The fourth-order valence-electron chi connectivity index (χ4n) is 2.95. The molecule has 0 amide bonds. The lowest BCUT2D eigenvalue weighted by Crippen LogP contribution is -2.30. The number of hydrogen-bond donors (Lipinski definition) is 2. The van der Waals surface area contributed by atoms with Crippen molar-refractivity contribution >= 4 is 40.4 Å². The molecule has 0 unspecified atom stereocenters. The van der Waals surface area contributed by atoms with Crippen molar-refractivity contribution in [1.82, 2.24) is 15.1 Å². The molecule has 5 nitrogen and oxygen atoms in total. The highest BCUT2D eigenvalue weighted by Crippen LogP contribution is 2.46. The van der Waals surface area contributed by atoms with E-state index in [1.165, 1.54) is 11.6 Å². The topological polar surface area (TPSA) is 59.0 Å². The summed E-state index contributed by atoms with van der Waals surface area (Å²) in [4.78, 5) is 11.3. The van der Waals surface area contributed by atoms with Gasteiger partial charge in [0.15, 0.2) is 16.6 Å². The molecule has 156 valence electrons. The summed E-state index contributed by atoms with van der Waals surface area (Å²) >= 11 is 11.2. The molecule has 3 rings (SSSR count). The number of hydrogen-bond acceptors (Lipinski definition) is 3. The molecule has 0 bridgehead atoms. The van der Waals surface area contributed by atoms with E-state index in [0.717, 1.165) is 18.5 Å². The zero-order valence-corrected chi connectivity index (χ0v) is 17.2. The lowest BCUT2D eigenvalue weighted by Gasteiger charge is -2.11. The van der Waals surface area contributed by atoms with Crippen LogP contribution in [-0.4, -0.2) is 27.2 Å². The van der Waals surface area contributed by atoms with Gasteiger partial charge >= 0.3 is 6.18 Å². The van der Waals surface area contributed by atoms with Gasteiger partial charge in [0.2, 0.25) is 0 Å². The van der Waals surface area contributed by atoms with E-state index in [0.29, 0.717) is 35.9 Å². The first-order chi connectivity index (χ1) is 13.7. The molecule has 1 heterocycles. The molecule has 1 aliphatic rings. The van der Waals surface area contributed by atoms with Crippen molar-refractivity contribution in [1.29, 1.82) is 0 Å². The third kappa shape index (κ3) is 5.48. The van der Waals surface area contributed by atoms with Gasteiger partial charge in [-0.3, -0.25) is 9.48 Å². The Labute approximate surface area is 176 Å². The molecule has 1 fully saturated rings. The van der Waals surface area contributed by atoms with Gasteiger partial charge in [0.25, 0.3) is 0 Å². The molecule has 1 aromatic carbocycles. The number of thiocarbonyl (C=S) groups is 1. The van der Waals surface area contributed by atoms with Gasteiger partial charge in [-0.15, -0.1) is 0 Å². The Bertz CT molecular complexity index is 907. The van der Waals surface area contributed by atoms with Crippen LogP contribution in [0.25, 0.3) is 0 Å². The minimum absolute atomic E-state index is 0.0183. The van der Waals surface area contributed by atoms with Gasteiger partial charge in [-0.1, -0.05) is 11.6 Å². The van der Waals surface area contributed by atoms with Gasteiger partial charge in [-0.2, -0.15) is 18.3 Å². The Morgan fingerprint density at radius 2 is 1.97 bits per heavy atom. The first-order valence-corrected chi connectivity index (χ1v) is 9.94. The van der Waals surface area contributed by atoms with Gasteiger partial charge in [0, 0.05) is 30.3 Å². The van der Waals surface area contributed by atoms with Gasteiger partial charge in [-0.25, -0.2) is 0 Å². The van der Waals surface area contributed by atoms with E-state index in [1.807, 2.05) is 0 Å². The van der Waals surface area contributed by atoms with E-state index in [4.69, 9.17) is 23.8 Å². The average molecular weight is 445 g/mol. The maximum atomic E-state index is 13.1. The Morgan fingerprint density at radius 1 is 1.31 bits per heavy atom. The summed E-state index contributed by atoms with van der Waals surface area (Å²) in [5, 5.41) is 9.82. The molecule has 0 spiro atoms. The molecule has 0 atom stereocenters. The van der Waals surface area contributed by atoms with Crippen molar-refractivity contribution in [2.45, 2.75) is 44.8 Å². The van der Waals surface area contributed by atoms with Crippen molar-refractivity contribution in [3.63, 3.8) is 0 Å². The van der Waals surface area contributed by atoms with Crippen molar-refractivity contribution in [2.24, 2.45) is 0 Å². The Balaban J connectivity index is 1.51. The van der Waals surface area contributed by atoms with Crippen LogP contribution in [0.1, 0.15) is 53.8 Å². The molecule has 10 heteroatoms. The van der Waals surface area contributed by atoms with E-state index < -0.39 is 11.9 Å². The summed E-state index contributed by atoms with van der Waals surface area (Å²) in [6, 6.07) is 6.90. The summed E-state index contributed by atoms with van der Waals surface area (Å²) in [5.41, 5.74) is 0.805. The molecule has 2 N–H and O–H groups in total. The monoisotopic (exact) mass is 444 g/mol. The highest BCUT2D eigenvalue weighted by atomic mass is 35.5. The average Bonchev–Trinajstić information content (AvgIpc) is 3.41. The molecule has 29 heavy (non-hydrogen) atoms. The quantitative estimate of drug-likeness (QED) is 0.357. The second-order valence-electron chi connectivity index (χ2n) is 6.91. The number of nitrogens with one attached hydrogen (secondary N) is 2. The van der Waals surface area contributed by atoms with Crippen LogP contribution in [0.5, 0.6) is 0 Å². The summed E-state index contributed by atoms with van der Waals surface area (Å²) in [7, 11) is 0. The summed E-state index contributed by atoms with van der Waals surface area (Å²) in [5.74, 6) is 0.0370. The maximum absolute atomic E-state index is 13.1. The van der Waals surface area contributed by atoms with Crippen LogP contribution in [0.15, 0.2) is 24.3 Å². The zero-order chi connectivity index (χ0) is 21.2. The number of carbonyl (C=O) groups is 1. The normalized spacial score (nSPS) is 14.0. The molecule has 1 saturated carbocycles. The Kier molecular flexibility index (Phi) is 6.48. The number of anilines is 1. The van der Waals surface area contributed by atoms with Gasteiger partial charge in [0.05, 0.1) is 10.7 Å². The van der Waals surface area contributed by atoms with E-state index in [-0.39, 0.29) is 16.7 Å². The number of carbonyl (C=O) groups excluding carboxylic acids is 1. The first-order valence-electron chi connectivity index (χ1n) is 9.16. The number of Topliss-reactive ketones (excluding diaryl/α,β-unsaturated/α-hetero) is 1. The van der Waals surface area contributed by atoms with E-state index in [9.17, 15) is 18.0 Å². The largest absolute Gasteiger partial charge is 0.436 e. The third-order valence-electron chi connectivity index (χ3n) is 4.55. The SMILES string of the molecule is CC(=O)c1ccc(NC(=S)NCCCn2nc(C(F)(F)F)c(Cl)c2C2CC2)cc1. The fraction of sp³-hybridized carbons (Fsp3) is 0.421. The molecule has 0 aliphatic heterocycles. The van der Waals surface area contributed by atoms with Crippen LogP contribution in [0.2, 0.25) is 5.02 Å². The van der Waals surface area contributed by atoms with Crippen LogP contribution < -0.4 is 10.6 Å². The highest BCUT2D eigenvalue weighted by molar-refractivity contribution is 7.80. The predicted molar refractivity (Wildman–Crippen MR) is 110 cm³/mol. The second kappa shape index (κ2) is 8.71. The number of aryl methyl sites for hydroxylation is 1. The molecule has 1 aliphatic carbocycles. The van der Waals surface area contributed by atoms with Crippen LogP contribution in [0, 0.1) is 0 Å². The number of alkyl halides is 3. The fourth-order valence-corrected chi connectivity index (χ4v) is 3.56. The van der Waals surface area contributed by atoms with Crippen molar-refractivity contribution < 1.29 is 18.0 Å². The Hall–Kier alpha value is -2.13. The standard InChI is InChI=1S/C19H20ClF3N4OS/c1-11(28)12-5-7-14(8-6-12)25-18(29)24-9-2-10-27-16(13-3-4-13)15(20)17(26-27)19(21,22)23/h5-8,13H,2-4,9-10H2,1H3,(H2,24,25,29). The van der Waals surface area contributed by atoms with Crippen molar-refractivity contribution in [2.75, 3.05) is 11.9 Å². The molecular weight excluding hydrogens is 425 g/mol. The van der Waals surface area contributed by atoms with Crippen molar-refractivity contribution in [3.8, 4) is 0 Å². The maximum Gasteiger partial charge on any atom is 0.436 e. The summed E-state index contributed by atoms with van der Waals surface area (Å²) in [6.45, 7) is 2.26. The molecule has 2 aromatic rings. The first kappa shape index (κ1) is 21.6. The molecule has 0 radical (unpaired) electrons. The molecular formula is C19H20ClF3N4OS. The van der Waals surface area contributed by atoms with Crippen LogP contribution in [-0.2, 0) is 12.7 Å². The number of benzene rings is 1. The zero-order valence-electron chi connectivity index (χ0n) is 15.6. The minimum Gasteiger partial charge on any atom is -0.362 e. The van der Waals surface area contributed by atoms with E-state index in [1.54, 1.807) is 24.3 Å². The Morgan fingerprint density at radius 3 is 2.52 bits per heavy atom. The number of rotatable bonds is 7. The minimum atomic E-state index is -4.56. The van der Waals surface area contributed by atoms with E-state index >= 15 is 0 Å².